The zero-order valence-corrected chi connectivity index (χ0v) is 13.7. The Hall–Kier alpha value is -3.75. The standard InChI is InChI=1S/C17H14N6O3/c1-10-14(17(24)25)22-13(26-10)8-18-15-12-7-21-23(16(12)20-9-19-15)11-5-3-2-4-6-11/h2-7,9H,8H2,1H3,(H,24,25)(H,18,19,20). The molecule has 3 heterocycles. The third-order valence-corrected chi connectivity index (χ3v) is 3.82. The molecule has 9 heteroatoms. The number of oxazole rings is 1. The number of nitrogens with zero attached hydrogens (tertiary/aromatic N) is 5. The summed E-state index contributed by atoms with van der Waals surface area (Å²) in [4.78, 5) is 23.6. The number of hydrogen-bond donors (Lipinski definition) is 2. The van der Waals surface area contributed by atoms with E-state index >= 15 is 0 Å². The van der Waals surface area contributed by atoms with Crippen molar-refractivity contribution in [1.29, 1.82) is 0 Å². The highest BCUT2D eigenvalue weighted by molar-refractivity contribution is 5.87. The molecule has 0 spiro atoms. The van der Waals surface area contributed by atoms with Crippen LogP contribution >= 0.6 is 0 Å². The molecular weight excluding hydrogens is 336 g/mol. The number of carbonyl (C=O) groups is 1. The van der Waals surface area contributed by atoms with E-state index in [0.29, 0.717) is 11.5 Å². The molecule has 0 aliphatic rings. The quantitative estimate of drug-likeness (QED) is 0.563. The summed E-state index contributed by atoms with van der Waals surface area (Å²) in [5.74, 6) is -0.0304. The minimum absolute atomic E-state index is 0.0912. The minimum Gasteiger partial charge on any atom is -0.476 e. The predicted octanol–water partition coefficient (Wildman–Crippen LogP) is 2.42. The molecule has 0 radical (unpaired) electrons. The topological polar surface area (TPSA) is 119 Å². The molecule has 1 aromatic carbocycles. The first-order chi connectivity index (χ1) is 12.6. The fourth-order valence-electron chi connectivity index (χ4n) is 2.63. The minimum atomic E-state index is -1.12. The van der Waals surface area contributed by atoms with E-state index < -0.39 is 5.97 Å². The van der Waals surface area contributed by atoms with E-state index in [9.17, 15) is 4.79 Å². The Morgan fingerprint density at radius 1 is 1.27 bits per heavy atom. The van der Waals surface area contributed by atoms with Crippen molar-refractivity contribution in [3.8, 4) is 5.69 Å². The van der Waals surface area contributed by atoms with Crippen molar-refractivity contribution in [1.82, 2.24) is 24.7 Å². The van der Waals surface area contributed by atoms with Crippen LogP contribution in [0.5, 0.6) is 0 Å². The molecule has 4 aromatic rings. The van der Waals surface area contributed by atoms with Crippen LogP contribution in [-0.2, 0) is 6.54 Å². The second kappa shape index (κ2) is 6.28. The molecular formula is C17H14N6O3. The molecule has 0 atom stereocenters. The number of hydrogen-bond acceptors (Lipinski definition) is 7. The number of aryl methyl sites for hydroxylation is 1. The molecule has 0 unspecified atom stereocenters. The van der Waals surface area contributed by atoms with Gasteiger partial charge in [0.2, 0.25) is 5.89 Å². The first kappa shape index (κ1) is 15.8. The third kappa shape index (κ3) is 2.75. The van der Waals surface area contributed by atoms with Crippen LogP contribution in [-0.4, -0.2) is 35.8 Å². The molecule has 26 heavy (non-hydrogen) atoms. The van der Waals surface area contributed by atoms with Gasteiger partial charge in [0, 0.05) is 0 Å². The number of para-hydroxylation sites is 1. The SMILES string of the molecule is Cc1oc(CNc2ncnc3c2cnn3-c2ccccc2)nc1C(=O)O. The number of rotatable bonds is 5. The fraction of sp³-hybridized carbons (Fsp3) is 0.118. The van der Waals surface area contributed by atoms with Crippen LogP contribution in [0.2, 0.25) is 0 Å². The molecule has 130 valence electrons. The van der Waals surface area contributed by atoms with Crippen molar-refractivity contribution >= 4 is 22.8 Å². The smallest absolute Gasteiger partial charge is 0.358 e. The van der Waals surface area contributed by atoms with E-state index in [2.05, 4.69) is 25.4 Å². The monoisotopic (exact) mass is 350 g/mol. The van der Waals surface area contributed by atoms with Crippen LogP contribution in [0.4, 0.5) is 5.82 Å². The van der Waals surface area contributed by atoms with Crippen LogP contribution in [0.1, 0.15) is 22.1 Å². The van der Waals surface area contributed by atoms with Crippen LogP contribution in [0.15, 0.2) is 47.3 Å². The maximum Gasteiger partial charge on any atom is 0.358 e. The van der Waals surface area contributed by atoms with Crippen LogP contribution in [0.3, 0.4) is 0 Å². The molecule has 0 fully saturated rings. The van der Waals surface area contributed by atoms with Gasteiger partial charge >= 0.3 is 5.97 Å². The average Bonchev–Trinajstić information content (AvgIpc) is 3.24. The van der Waals surface area contributed by atoms with Gasteiger partial charge in [0.15, 0.2) is 11.3 Å². The summed E-state index contributed by atoms with van der Waals surface area (Å²) in [6.45, 7) is 1.75. The maximum absolute atomic E-state index is 11.0. The molecule has 0 aliphatic heterocycles. The van der Waals surface area contributed by atoms with Gasteiger partial charge in [-0.1, -0.05) is 18.2 Å². The van der Waals surface area contributed by atoms with Gasteiger partial charge in [-0.2, -0.15) is 5.10 Å². The number of aromatic carboxylic acids is 1. The normalized spacial score (nSPS) is 11.0. The van der Waals surface area contributed by atoms with Gasteiger partial charge in [0.1, 0.15) is 17.9 Å². The lowest BCUT2D eigenvalue weighted by atomic mass is 10.3. The second-order valence-electron chi connectivity index (χ2n) is 5.52. The molecule has 4 rings (SSSR count). The van der Waals surface area contributed by atoms with Gasteiger partial charge in [-0.25, -0.2) is 24.4 Å². The molecule has 0 aliphatic carbocycles. The predicted molar refractivity (Wildman–Crippen MR) is 92.2 cm³/mol. The van der Waals surface area contributed by atoms with Gasteiger partial charge in [-0.05, 0) is 19.1 Å². The van der Waals surface area contributed by atoms with Crippen molar-refractivity contribution in [2.45, 2.75) is 13.5 Å². The number of anilines is 1. The molecule has 2 N–H and O–H groups in total. The summed E-state index contributed by atoms with van der Waals surface area (Å²) in [7, 11) is 0. The highest BCUT2D eigenvalue weighted by atomic mass is 16.4. The molecule has 0 amide bonds. The lowest BCUT2D eigenvalue weighted by Crippen LogP contribution is -2.04. The zero-order valence-electron chi connectivity index (χ0n) is 13.7. The van der Waals surface area contributed by atoms with Gasteiger partial charge in [0.05, 0.1) is 23.8 Å². The lowest BCUT2D eigenvalue weighted by Gasteiger charge is -2.05. The van der Waals surface area contributed by atoms with E-state index in [-0.39, 0.29) is 23.9 Å². The number of aromatic nitrogens is 5. The van der Waals surface area contributed by atoms with E-state index in [1.54, 1.807) is 17.8 Å². The Morgan fingerprint density at radius 3 is 2.81 bits per heavy atom. The van der Waals surface area contributed by atoms with Gasteiger partial charge in [-0.15, -0.1) is 0 Å². The summed E-state index contributed by atoms with van der Waals surface area (Å²) in [5, 5.41) is 17.3. The van der Waals surface area contributed by atoms with Crippen molar-refractivity contribution in [2.75, 3.05) is 5.32 Å². The first-order valence-electron chi connectivity index (χ1n) is 7.81. The average molecular weight is 350 g/mol. The number of fused-ring (bicyclic) bond motifs is 1. The summed E-state index contributed by atoms with van der Waals surface area (Å²) in [6, 6.07) is 9.65. The largest absolute Gasteiger partial charge is 0.476 e. The van der Waals surface area contributed by atoms with Gasteiger partial charge in [0.25, 0.3) is 0 Å². The lowest BCUT2D eigenvalue weighted by molar-refractivity contribution is 0.0689. The van der Waals surface area contributed by atoms with Crippen LogP contribution in [0, 0.1) is 6.92 Å². The summed E-state index contributed by atoms with van der Waals surface area (Å²) in [6.07, 6.45) is 3.11. The van der Waals surface area contributed by atoms with Crippen molar-refractivity contribution in [3.05, 3.63) is 60.2 Å². The Morgan fingerprint density at radius 2 is 2.08 bits per heavy atom. The Balaban J connectivity index is 1.63. The summed E-state index contributed by atoms with van der Waals surface area (Å²) in [5.41, 5.74) is 1.46. The number of nitrogens with one attached hydrogen (secondary N) is 1. The van der Waals surface area contributed by atoms with Crippen LogP contribution in [0.25, 0.3) is 16.7 Å². The highest BCUT2D eigenvalue weighted by Crippen LogP contribution is 2.22. The van der Waals surface area contributed by atoms with Crippen molar-refractivity contribution < 1.29 is 14.3 Å². The van der Waals surface area contributed by atoms with E-state index in [1.165, 1.54) is 6.33 Å². The van der Waals surface area contributed by atoms with Crippen molar-refractivity contribution in [3.63, 3.8) is 0 Å². The Bertz CT molecular complexity index is 1090. The summed E-state index contributed by atoms with van der Waals surface area (Å²) >= 11 is 0. The molecule has 3 aromatic heterocycles. The Kier molecular flexibility index (Phi) is 3.81. The molecule has 0 bridgehead atoms. The number of carboxylic acids is 1. The third-order valence-electron chi connectivity index (χ3n) is 3.82. The fourth-order valence-corrected chi connectivity index (χ4v) is 2.63. The summed E-state index contributed by atoms with van der Waals surface area (Å²) < 4.78 is 7.09. The zero-order chi connectivity index (χ0) is 18.1. The van der Waals surface area contributed by atoms with Crippen LogP contribution < -0.4 is 5.32 Å². The number of benzene rings is 1. The Labute approximate surface area is 147 Å². The second-order valence-corrected chi connectivity index (χ2v) is 5.52. The first-order valence-corrected chi connectivity index (χ1v) is 7.81. The van der Waals surface area contributed by atoms with E-state index in [4.69, 9.17) is 9.52 Å². The van der Waals surface area contributed by atoms with Gasteiger partial charge in [-0.3, -0.25) is 0 Å². The van der Waals surface area contributed by atoms with Crippen molar-refractivity contribution in [2.24, 2.45) is 0 Å². The molecule has 0 saturated carbocycles. The van der Waals surface area contributed by atoms with E-state index in [0.717, 1.165) is 11.1 Å². The molecule has 9 nitrogen and oxygen atoms in total. The van der Waals surface area contributed by atoms with E-state index in [1.807, 2.05) is 30.3 Å². The maximum atomic E-state index is 11.0. The molecule has 0 saturated heterocycles. The number of carboxylic acid groups (broad SMARTS) is 1. The highest BCUT2D eigenvalue weighted by Gasteiger charge is 2.16. The van der Waals surface area contributed by atoms with Gasteiger partial charge < -0.3 is 14.8 Å².